The van der Waals surface area contributed by atoms with Gasteiger partial charge in [-0.15, -0.1) is 11.8 Å². The summed E-state index contributed by atoms with van der Waals surface area (Å²) in [5.41, 5.74) is 7.43. The van der Waals surface area contributed by atoms with Gasteiger partial charge in [-0.25, -0.2) is 9.37 Å². The van der Waals surface area contributed by atoms with Crippen LogP contribution in [-0.4, -0.2) is 58.4 Å². The molecule has 1 aliphatic heterocycles. The molecule has 0 radical (unpaired) electrons. The monoisotopic (exact) mass is 526 g/mol. The molecule has 3 N–H and O–H groups in total. The number of carbonyl (C=O) groups is 1. The van der Waals surface area contributed by atoms with Crippen LogP contribution in [0.25, 0.3) is 10.9 Å². The number of methoxy groups -OCH3 is 1. The van der Waals surface area contributed by atoms with Gasteiger partial charge in [0.25, 0.3) is 0 Å². The van der Waals surface area contributed by atoms with Gasteiger partial charge in [0.1, 0.15) is 11.9 Å². The van der Waals surface area contributed by atoms with E-state index >= 15 is 4.39 Å². The summed E-state index contributed by atoms with van der Waals surface area (Å²) < 4.78 is 21.3. The van der Waals surface area contributed by atoms with Gasteiger partial charge < -0.3 is 20.5 Å². The Bertz CT molecular complexity index is 1180. The molecule has 9 heteroatoms. The highest BCUT2D eigenvalue weighted by molar-refractivity contribution is 7.99. The van der Waals surface area contributed by atoms with Crippen LogP contribution in [0.15, 0.2) is 53.8 Å². The number of hydrogen-bond donors (Lipinski definition) is 2. The molecule has 198 valence electrons. The molecule has 0 spiro atoms. The Morgan fingerprint density at radius 1 is 1.27 bits per heavy atom. The average molecular weight is 527 g/mol. The van der Waals surface area contributed by atoms with Crippen molar-refractivity contribution in [1.82, 2.24) is 14.9 Å². The van der Waals surface area contributed by atoms with E-state index in [4.69, 9.17) is 10.5 Å². The first-order chi connectivity index (χ1) is 17.9. The van der Waals surface area contributed by atoms with Crippen molar-refractivity contribution in [1.29, 1.82) is 0 Å². The van der Waals surface area contributed by atoms with Gasteiger partial charge >= 0.3 is 5.97 Å². The molecule has 1 aliphatic rings. The molecule has 0 amide bonds. The van der Waals surface area contributed by atoms with Crippen LogP contribution in [0.5, 0.6) is 5.75 Å². The number of nitrogens with two attached hydrogens (primary N) is 1. The minimum atomic E-state index is -1.27. The SMILES string of the molecule is COc1ccc2ncc(CN)c([C@H](F)CCC3(CC(=O)O)CCN(CCSc4ccccn4)CC3)c2c1. The molecule has 1 atom stereocenters. The number of aromatic nitrogens is 2. The Hall–Kier alpha value is -2.75. The van der Waals surface area contributed by atoms with Crippen LogP contribution in [0, 0.1) is 5.41 Å². The number of fused-ring (bicyclic) bond motifs is 1. The molecule has 0 bridgehead atoms. The summed E-state index contributed by atoms with van der Waals surface area (Å²) in [7, 11) is 1.58. The Labute approximate surface area is 221 Å². The third kappa shape index (κ3) is 6.97. The molecule has 0 saturated carbocycles. The average Bonchev–Trinajstić information content (AvgIpc) is 2.92. The van der Waals surface area contributed by atoms with Crippen LogP contribution < -0.4 is 10.5 Å². The lowest BCUT2D eigenvalue weighted by atomic mass is 9.71. The normalized spacial score (nSPS) is 16.5. The number of carboxylic acid groups (broad SMARTS) is 1. The Balaban J connectivity index is 1.42. The number of likely N-dealkylation sites (tertiary alicyclic amines) is 1. The standard InChI is InChI=1S/C28H35FN4O3S/c1-36-21-5-6-24-22(16-21)27(20(18-30)19-32-24)23(29)7-8-28(17-26(34)35)9-12-33(13-10-28)14-15-37-25-4-2-3-11-31-25/h2-6,11,16,19,23H,7-10,12-15,17-18,30H2,1H3,(H,34,35)/t23-/m1/s1. The van der Waals surface area contributed by atoms with Crippen LogP contribution in [0.1, 0.15) is 49.4 Å². The summed E-state index contributed by atoms with van der Waals surface area (Å²) in [6.45, 7) is 2.73. The van der Waals surface area contributed by atoms with Crippen molar-refractivity contribution in [2.45, 2.75) is 49.8 Å². The quantitative estimate of drug-likeness (QED) is 0.309. The van der Waals surface area contributed by atoms with Crippen molar-refractivity contribution in [3.05, 3.63) is 59.9 Å². The maximum atomic E-state index is 15.9. The molecule has 4 rings (SSSR count). The summed E-state index contributed by atoms with van der Waals surface area (Å²) in [4.78, 5) is 22.9. The predicted molar refractivity (Wildman–Crippen MR) is 145 cm³/mol. The van der Waals surface area contributed by atoms with Gasteiger partial charge in [0.05, 0.1) is 24.1 Å². The third-order valence-corrected chi connectivity index (χ3v) is 8.32. The fraction of sp³-hybridized carbons (Fsp3) is 0.464. The van der Waals surface area contributed by atoms with Gasteiger partial charge in [-0.2, -0.15) is 0 Å². The number of rotatable bonds is 12. The molecular weight excluding hydrogens is 491 g/mol. The van der Waals surface area contributed by atoms with Crippen molar-refractivity contribution in [2.24, 2.45) is 11.1 Å². The molecule has 1 saturated heterocycles. The molecule has 7 nitrogen and oxygen atoms in total. The second-order valence-corrected chi connectivity index (χ2v) is 10.8. The number of carboxylic acids is 1. The molecule has 3 heterocycles. The number of benzene rings is 1. The van der Waals surface area contributed by atoms with E-state index in [0.29, 0.717) is 34.2 Å². The number of halogens is 1. The van der Waals surface area contributed by atoms with Crippen molar-refractivity contribution < 1.29 is 19.0 Å². The maximum Gasteiger partial charge on any atom is 0.303 e. The molecule has 1 aromatic carbocycles. The summed E-state index contributed by atoms with van der Waals surface area (Å²) in [5.74, 6) is 0.736. The van der Waals surface area contributed by atoms with Gasteiger partial charge in [0.15, 0.2) is 0 Å². The Morgan fingerprint density at radius 3 is 2.76 bits per heavy atom. The lowest BCUT2D eigenvalue weighted by Gasteiger charge is -2.41. The third-order valence-electron chi connectivity index (χ3n) is 7.40. The Kier molecular flexibility index (Phi) is 9.34. The minimum Gasteiger partial charge on any atom is -0.497 e. The zero-order valence-corrected chi connectivity index (χ0v) is 22.1. The highest BCUT2D eigenvalue weighted by Crippen LogP contribution is 2.43. The zero-order valence-electron chi connectivity index (χ0n) is 21.2. The topological polar surface area (TPSA) is 102 Å². The van der Waals surface area contributed by atoms with E-state index in [1.165, 1.54) is 0 Å². The van der Waals surface area contributed by atoms with Crippen molar-refractivity contribution in [2.75, 3.05) is 32.5 Å². The first-order valence-electron chi connectivity index (χ1n) is 12.7. The van der Waals surface area contributed by atoms with Crippen LogP contribution in [0.2, 0.25) is 0 Å². The van der Waals surface area contributed by atoms with Crippen molar-refractivity contribution >= 4 is 28.6 Å². The molecule has 1 fully saturated rings. The number of hydrogen-bond acceptors (Lipinski definition) is 7. The van der Waals surface area contributed by atoms with Gasteiger partial charge in [0.2, 0.25) is 0 Å². The van der Waals surface area contributed by atoms with Gasteiger partial charge in [0, 0.05) is 42.2 Å². The Morgan fingerprint density at radius 2 is 2.08 bits per heavy atom. The fourth-order valence-electron chi connectivity index (χ4n) is 5.27. The summed E-state index contributed by atoms with van der Waals surface area (Å²) in [6, 6.07) is 11.3. The summed E-state index contributed by atoms with van der Waals surface area (Å²) in [6.07, 6.45) is 4.47. The van der Waals surface area contributed by atoms with E-state index in [0.717, 1.165) is 43.3 Å². The summed E-state index contributed by atoms with van der Waals surface area (Å²) in [5, 5.41) is 11.4. The van der Waals surface area contributed by atoms with E-state index in [2.05, 4.69) is 14.9 Å². The number of ether oxygens (including phenoxy) is 1. The molecule has 0 unspecified atom stereocenters. The van der Waals surface area contributed by atoms with Gasteiger partial charge in [-0.05, 0) is 80.1 Å². The largest absolute Gasteiger partial charge is 0.497 e. The number of aliphatic carboxylic acids is 1. The van der Waals surface area contributed by atoms with Crippen LogP contribution >= 0.6 is 11.8 Å². The zero-order chi connectivity index (χ0) is 26.3. The van der Waals surface area contributed by atoms with E-state index < -0.39 is 17.6 Å². The maximum absolute atomic E-state index is 15.9. The van der Waals surface area contributed by atoms with Crippen LogP contribution in [0.4, 0.5) is 4.39 Å². The number of pyridine rings is 2. The molecule has 3 aromatic rings. The lowest BCUT2D eigenvalue weighted by Crippen LogP contribution is -2.42. The fourth-order valence-corrected chi connectivity index (χ4v) is 6.14. The van der Waals surface area contributed by atoms with Crippen molar-refractivity contribution in [3.63, 3.8) is 0 Å². The lowest BCUT2D eigenvalue weighted by molar-refractivity contribution is -0.141. The number of nitrogens with zero attached hydrogens (tertiary/aromatic N) is 3. The molecule has 2 aromatic heterocycles. The highest BCUT2D eigenvalue weighted by atomic mass is 32.2. The van der Waals surface area contributed by atoms with Gasteiger partial charge in [-0.1, -0.05) is 6.07 Å². The highest BCUT2D eigenvalue weighted by Gasteiger charge is 2.37. The van der Waals surface area contributed by atoms with E-state index in [-0.39, 0.29) is 19.4 Å². The minimum absolute atomic E-state index is 0.0604. The number of piperidine rings is 1. The number of thioether (sulfide) groups is 1. The first-order valence-corrected chi connectivity index (χ1v) is 13.7. The summed E-state index contributed by atoms with van der Waals surface area (Å²) >= 11 is 1.72. The molecule has 37 heavy (non-hydrogen) atoms. The number of alkyl halides is 1. The van der Waals surface area contributed by atoms with E-state index in [9.17, 15) is 9.90 Å². The molecular formula is C28H35FN4O3S. The smallest absolute Gasteiger partial charge is 0.303 e. The van der Waals surface area contributed by atoms with Crippen LogP contribution in [-0.2, 0) is 11.3 Å². The predicted octanol–water partition coefficient (Wildman–Crippen LogP) is 5.24. The van der Waals surface area contributed by atoms with Crippen molar-refractivity contribution in [3.8, 4) is 5.75 Å². The van der Waals surface area contributed by atoms with Crippen LogP contribution in [0.3, 0.4) is 0 Å². The second kappa shape index (κ2) is 12.7. The van der Waals surface area contributed by atoms with E-state index in [1.54, 1.807) is 43.4 Å². The van der Waals surface area contributed by atoms with E-state index in [1.807, 2.05) is 24.3 Å². The first kappa shape index (κ1) is 27.3. The van der Waals surface area contributed by atoms with Gasteiger partial charge in [-0.3, -0.25) is 9.78 Å². The second-order valence-electron chi connectivity index (χ2n) is 9.72. The molecule has 0 aliphatic carbocycles.